The first-order chi connectivity index (χ1) is 10.7. The van der Waals surface area contributed by atoms with Crippen LogP contribution in [0.2, 0.25) is 5.15 Å². The topological polar surface area (TPSA) is 62.2 Å². The van der Waals surface area contributed by atoms with Crippen LogP contribution in [-0.4, -0.2) is 28.6 Å². The lowest BCUT2D eigenvalue weighted by atomic mass is 9.86. The predicted molar refractivity (Wildman–Crippen MR) is 87.1 cm³/mol. The van der Waals surface area contributed by atoms with Gasteiger partial charge in [0.1, 0.15) is 5.15 Å². The number of aliphatic hydroxyl groups excluding tert-OH is 1. The summed E-state index contributed by atoms with van der Waals surface area (Å²) in [6.45, 7) is 0.251. The summed E-state index contributed by atoms with van der Waals surface area (Å²) in [5.74, 6) is 0.342. The van der Waals surface area contributed by atoms with E-state index in [2.05, 4.69) is 10.3 Å². The van der Waals surface area contributed by atoms with E-state index in [4.69, 9.17) is 16.7 Å². The van der Waals surface area contributed by atoms with Gasteiger partial charge < -0.3 is 10.4 Å². The van der Waals surface area contributed by atoms with Crippen LogP contribution in [0.15, 0.2) is 30.3 Å². The van der Waals surface area contributed by atoms with E-state index in [-0.39, 0.29) is 18.6 Å². The molecule has 2 N–H and O–H groups in total. The summed E-state index contributed by atoms with van der Waals surface area (Å²) < 4.78 is 0. The number of aliphatic hydroxyl groups is 1. The fourth-order valence-corrected chi connectivity index (χ4v) is 3.15. The molecular weight excluding hydrogens is 300 g/mol. The lowest BCUT2D eigenvalue weighted by Crippen LogP contribution is -2.38. The SMILES string of the molecule is O=C(NC1CCC(CO)CC1)c1ccc2nc(Cl)ccc2c1. The summed E-state index contributed by atoms with van der Waals surface area (Å²) in [5.41, 5.74) is 1.42. The van der Waals surface area contributed by atoms with Crippen molar-refractivity contribution in [3.05, 3.63) is 41.0 Å². The molecule has 0 aliphatic heterocycles. The van der Waals surface area contributed by atoms with Crippen LogP contribution in [0.4, 0.5) is 0 Å². The molecule has 3 rings (SSSR count). The molecule has 5 heteroatoms. The Bertz CT molecular complexity index is 681. The van der Waals surface area contributed by atoms with Gasteiger partial charge in [-0.1, -0.05) is 11.6 Å². The Balaban J connectivity index is 1.68. The highest BCUT2D eigenvalue weighted by atomic mass is 35.5. The third-order valence-electron chi connectivity index (χ3n) is 4.36. The van der Waals surface area contributed by atoms with E-state index in [9.17, 15) is 4.79 Å². The molecule has 0 spiro atoms. The van der Waals surface area contributed by atoms with Crippen LogP contribution in [0.1, 0.15) is 36.0 Å². The summed E-state index contributed by atoms with van der Waals surface area (Å²) >= 11 is 5.87. The third-order valence-corrected chi connectivity index (χ3v) is 4.57. The van der Waals surface area contributed by atoms with Gasteiger partial charge in [0, 0.05) is 23.6 Å². The van der Waals surface area contributed by atoms with Crippen molar-refractivity contribution in [2.75, 3.05) is 6.61 Å². The van der Waals surface area contributed by atoms with Gasteiger partial charge in [0.25, 0.3) is 5.91 Å². The van der Waals surface area contributed by atoms with Crippen molar-refractivity contribution in [3.63, 3.8) is 0 Å². The van der Waals surface area contributed by atoms with Crippen LogP contribution in [0.5, 0.6) is 0 Å². The number of hydrogen-bond acceptors (Lipinski definition) is 3. The number of hydrogen-bond donors (Lipinski definition) is 2. The Kier molecular flexibility index (Phi) is 4.60. The zero-order chi connectivity index (χ0) is 15.5. The van der Waals surface area contributed by atoms with E-state index < -0.39 is 0 Å². The highest BCUT2D eigenvalue weighted by molar-refractivity contribution is 6.29. The highest BCUT2D eigenvalue weighted by Gasteiger charge is 2.22. The average molecular weight is 319 g/mol. The Morgan fingerprint density at radius 3 is 2.73 bits per heavy atom. The Morgan fingerprint density at radius 1 is 1.23 bits per heavy atom. The maximum Gasteiger partial charge on any atom is 0.251 e. The largest absolute Gasteiger partial charge is 0.396 e. The summed E-state index contributed by atoms with van der Waals surface area (Å²) in [6.07, 6.45) is 3.81. The van der Waals surface area contributed by atoms with Crippen molar-refractivity contribution in [2.24, 2.45) is 5.92 Å². The number of fused-ring (bicyclic) bond motifs is 1. The molecule has 0 saturated heterocycles. The summed E-state index contributed by atoms with van der Waals surface area (Å²) in [5, 5.41) is 13.6. The first kappa shape index (κ1) is 15.3. The molecule has 0 atom stereocenters. The van der Waals surface area contributed by atoms with Crippen molar-refractivity contribution in [3.8, 4) is 0 Å². The van der Waals surface area contributed by atoms with E-state index in [0.717, 1.165) is 36.6 Å². The molecule has 1 aliphatic carbocycles. The first-order valence-electron chi connectivity index (χ1n) is 7.64. The van der Waals surface area contributed by atoms with Gasteiger partial charge in [-0.25, -0.2) is 4.98 Å². The van der Waals surface area contributed by atoms with Crippen LogP contribution in [0.25, 0.3) is 10.9 Å². The van der Waals surface area contributed by atoms with Gasteiger partial charge in [0.15, 0.2) is 0 Å². The zero-order valence-electron chi connectivity index (χ0n) is 12.3. The maximum atomic E-state index is 12.4. The second kappa shape index (κ2) is 6.63. The molecule has 1 saturated carbocycles. The van der Waals surface area contributed by atoms with Gasteiger partial charge in [0.05, 0.1) is 5.52 Å². The van der Waals surface area contributed by atoms with E-state index in [1.165, 1.54) is 0 Å². The highest BCUT2D eigenvalue weighted by Crippen LogP contribution is 2.24. The predicted octanol–water partition coefficient (Wildman–Crippen LogP) is 3.17. The molecule has 0 unspecified atom stereocenters. The minimum Gasteiger partial charge on any atom is -0.396 e. The van der Waals surface area contributed by atoms with E-state index in [1.807, 2.05) is 18.2 Å². The van der Waals surface area contributed by atoms with Crippen LogP contribution < -0.4 is 5.32 Å². The second-order valence-electron chi connectivity index (χ2n) is 5.92. The minimum atomic E-state index is -0.0516. The molecule has 1 amide bonds. The van der Waals surface area contributed by atoms with Gasteiger partial charge in [-0.15, -0.1) is 0 Å². The van der Waals surface area contributed by atoms with Crippen molar-refractivity contribution < 1.29 is 9.90 Å². The van der Waals surface area contributed by atoms with Crippen LogP contribution in [0, 0.1) is 5.92 Å². The molecule has 116 valence electrons. The fourth-order valence-electron chi connectivity index (χ4n) is 3.00. The molecule has 0 bridgehead atoms. The molecule has 2 aromatic rings. The molecule has 0 radical (unpaired) electrons. The van der Waals surface area contributed by atoms with Crippen LogP contribution in [0.3, 0.4) is 0 Å². The second-order valence-corrected chi connectivity index (χ2v) is 6.30. The van der Waals surface area contributed by atoms with E-state index in [1.54, 1.807) is 12.1 Å². The quantitative estimate of drug-likeness (QED) is 0.854. The first-order valence-corrected chi connectivity index (χ1v) is 8.01. The van der Waals surface area contributed by atoms with Gasteiger partial charge in [-0.3, -0.25) is 4.79 Å². The molecule has 1 aromatic carbocycles. The summed E-state index contributed by atoms with van der Waals surface area (Å²) in [7, 11) is 0. The van der Waals surface area contributed by atoms with Crippen LogP contribution >= 0.6 is 11.6 Å². The molecule has 1 aromatic heterocycles. The Morgan fingerprint density at radius 2 is 2.00 bits per heavy atom. The Hall–Kier alpha value is -1.65. The minimum absolute atomic E-state index is 0.0516. The summed E-state index contributed by atoms with van der Waals surface area (Å²) in [4.78, 5) is 16.6. The maximum absolute atomic E-state index is 12.4. The molecular formula is C17H19ClN2O2. The lowest BCUT2D eigenvalue weighted by Gasteiger charge is -2.28. The van der Waals surface area contributed by atoms with Crippen molar-refractivity contribution in [2.45, 2.75) is 31.7 Å². The number of aromatic nitrogens is 1. The van der Waals surface area contributed by atoms with Crippen molar-refractivity contribution in [1.82, 2.24) is 10.3 Å². The number of halogens is 1. The van der Waals surface area contributed by atoms with Gasteiger partial charge in [-0.2, -0.15) is 0 Å². The van der Waals surface area contributed by atoms with Gasteiger partial charge in [0.2, 0.25) is 0 Å². The molecule has 1 aliphatic rings. The van der Waals surface area contributed by atoms with Gasteiger partial charge in [-0.05, 0) is 61.9 Å². The van der Waals surface area contributed by atoms with Crippen molar-refractivity contribution >= 4 is 28.4 Å². The number of carbonyl (C=O) groups excluding carboxylic acids is 1. The van der Waals surface area contributed by atoms with E-state index in [0.29, 0.717) is 16.6 Å². The number of nitrogens with zero attached hydrogens (tertiary/aromatic N) is 1. The monoisotopic (exact) mass is 318 g/mol. The number of amides is 1. The molecule has 1 fully saturated rings. The third kappa shape index (κ3) is 3.39. The average Bonchev–Trinajstić information content (AvgIpc) is 2.55. The molecule has 4 nitrogen and oxygen atoms in total. The number of benzene rings is 1. The number of carbonyl (C=O) groups is 1. The van der Waals surface area contributed by atoms with Crippen molar-refractivity contribution in [1.29, 1.82) is 0 Å². The van der Waals surface area contributed by atoms with Gasteiger partial charge >= 0.3 is 0 Å². The number of nitrogens with one attached hydrogen (secondary N) is 1. The number of rotatable bonds is 3. The summed E-state index contributed by atoms with van der Waals surface area (Å²) in [6, 6.07) is 9.23. The molecule has 22 heavy (non-hydrogen) atoms. The smallest absolute Gasteiger partial charge is 0.251 e. The lowest BCUT2D eigenvalue weighted by molar-refractivity contribution is 0.0914. The fraction of sp³-hybridized carbons (Fsp3) is 0.412. The molecule has 1 heterocycles. The normalized spacial score (nSPS) is 21.7. The van der Waals surface area contributed by atoms with Crippen LogP contribution in [-0.2, 0) is 0 Å². The number of pyridine rings is 1. The van der Waals surface area contributed by atoms with E-state index >= 15 is 0 Å². The Labute approximate surface area is 134 Å². The zero-order valence-corrected chi connectivity index (χ0v) is 13.0. The standard InChI is InChI=1S/C17H19ClN2O2/c18-16-8-4-12-9-13(3-7-15(12)20-16)17(22)19-14-5-1-11(10-21)2-6-14/h3-4,7-9,11,14,21H,1-2,5-6,10H2,(H,19,22).